The minimum absolute atomic E-state index is 0.0553. The number of fused-ring (bicyclic) bond motifs is 1. The van der Waals surface area contributed by atoms with Gasteiger partial charge in [-0.2, -0.15) is 0 Å². The normalized spacial score (nSPS) is 11.4. The summed E-state index contributed by atoms with van der Waals surface area (Å²) in [5.41, 5.74) is 5.67. The van der Waals surface area contributed by atoms with Crippen LogP contribution in [0.3, 0.4) is 0 Å². The van der Waals surface area contributed by atoms with Gasteiger partial charge < -0.3 is 5.73 Å². The van der Waals surface area contributed by atoms with Crippen molar-refractivity contribution in [3.63, 3.8) is 0 Å². The first-order valence-electron chi connectivity index (χ1n) is 3.84. The Morgan fingerprint density at radius 1 is 1.29 bits per heavy atom. The van der Waals surface area contributed by atoms with Gasteiger partial charge in [-0.3, -0.25) is 0 Å². The smallest absolute Gasteiger partial charge is 0.263 e. The van der Waals surface area contributed by atoms with Crippen molar-refractivity contribution < 1.29 is 8.78 Å². The van der Waals surface area contributed by atoms with E-state index >= 15 is 0 Å². The number of anilines is 1. The number of rotatable bonds is 1. The van der Waals surface area contributed by atoms with Crippen LogP contribution in [0.5, 0.6) is 0 Å². The van der Waals surface area contributed by atoms with Gasteiger partial charge in [0.1, 0.15) is 0 Å². The van der Waals surface area contributed by atoms with E-state index in [9.17, 15) is 8.78 Å². The molecule has 5 heteroatoms. The van der Waals surface area contributed by atoms with Crippen LogP contribution in [0, 0.1) is 3.57 Å². The van der Waals surface area contributed by atoms with Gasteiger partial charge in [0.15, 0.2) is 0 Å². The molecule has 0 amide bonds. The second-order valence-electron chi connectivity index (χ2n) is 2.87. The fourth-order valence-electron chi connectivity index (χ4n) is 1.28. The van der Waals surface area contributed by atoms with E-state index in [2.05, 4.69) is 22.6 Å². The summed E-state index contributed by atoms with van der Waals surface area (Å²) in [5.74, 6) is 0. The highest BCUT2D eigenvalue weighted by Crippen LogP contribution is 2.34. The maximum Gasteiger partial charge on any atom is 0.263 e. The van der Waals surface area contributed by atoms with Crippen molar-refractivity contribution in [3.8, 4) is 0 Å². The van der Waals surface area contributed by atoms with Crippen molar-refractivity contribution in [1.29, 1.82) is 0 Å². The number of hydrogen-bond donors (Lipinski definition) is 1. The molecule has 0 atom stereocenters. The molecule has 0 fully saturated rings. The second-order valence-corrected chi connectivity index (χ2v) is 5.12. The lowest BCUT2D eigenvalue weighted by molar-refractivity contribution is 0.151. The molecular formula is C9H6F2INS. The minimum atomic E-state index is -2.42. The molecule has 2 N–H and O–H groups in total. The number of nitrogen functional groups attached to an aromatic ring is 1. The van der Waals surface area contributed by atoms with Crippen LogP contribution in [0.2, 0.25) is 0 Å². The van der Waals surface area contributed by atoms with Gasteiger partial charge in [0.2, 0.25) is 0 Å². The summed E-state index contributed by atoms with van der Waals surface area (Å²) in [6.45, 7) is 0. The Labute approximate surface area is 97.1 Å². The van der Waals surface area contributed by atoms with E-state index < -0.39 is 6.43 Å². The van der Waals surface area contributed by atoms with Crippen LogP contribution in [0.15, 0.2) is 18.2 Å². The Kier molecular flexibility index (Phi) is 2.61. The summed E-state index contributed by atoms with van der Waals surface area (Å²) in [5, 5.41) is 1.46. The molecule has 0 radical (unpaired) electrons. The van der Waals surface area contributed by atoms with E-state index in [-0.39, 0.29) is 5.56 Å². The highest BCUT2D eigenvalue weighted by atomic mass is 127. The summed E-state index contributed by atoms with van der Waals surface area (Å²) in [7, 11) is 0. The maximum absolute atomic E-state index is 12.5. The zero-order chi connectivity index (χ0) is 10.3. The predicted molar refractivity (Wildman–Crippen MR) is 63.9 cm³/mol. The molecule has 0 aliphatic heterocycles. The molecule has 0 spiro atoms. The standard InChI is InChI=1S/C9H6F2INS/c10-9(11)5-1-4-3-7(13)14-8(4)6(12)2-5/h1-3,9H,13H2. The Morgan fingerprint density at radius 3 is 2.64 bits per heavy atom. The van der Waals surface area contributed by atoms with E-state index in [0.717, 1.165) is 13.7 Å². The molecule has 1 nitrogen and oxygen atoms in total. The third-order valence-corrected chi connectivity index (χ3v) is 4.09. The van der Waals surface area contributed by atoms with Gasteiger partial charge in [0.05, 0.1) is 5.00 Å². The topological polar surface area (TPSA) is 26.0 Å². The van der Waals surface area contributed by atoms with Gasteiger partial charge in [0, 0.05) is 13.8 Å². The van der Waals surface area contributed by atoms with Crippen molar-refractivity contribution in [3.05, 3.63) is 27.3 Å². The zero-order valence-corrected chi connectivity index (χ0v) is 9.90. The largest absolute Gasteiger partial charge is 0.391 e. The van der Waals surface area contributed by atoms with Gasteiger partial charge in [0.25, 0.3) is 6.43 Å². The van der Waals surface area contributed by atoms with Gasteiger partial charge in [-0.15, -0.1) is 11.3 Å². The number of thiophene rings is 1. The van der Waals surface area contributed by atoms with Gasteiger partial charge in [-0.25, -0.2) is 8.78 Å². The maximum atomic E-state index is 12.5. The molecule has 0 unspecified atom stereocenters. The predicted octanol–water partition coefficient (Wildman–Crippen LogP) is 4.03. The number of benzene rings is 1. The van der Waals surface area contributed by atoms with Gasteiger partial charge >= 0.3 is 0 Å². The van der Waals surface area contributed by atoms with Crippen molar-refractivity contribution >= 4 is 49.0 Å². The van der Waals surface area contributed by atoms with Crippen LogP contribution in [0.1, 0.15) is 12.0 Å². The first-order valence-corrected chi connectivity index (χ1v) is 5.74. The van der Waals surface area contributed by atoms with Crippen molar-refractivity contribution in [1.82, 2.24) is 0 Å². The van der Waals surface area contributed by atoms with Crippen LogP contribution < -0.4 is 5.73 Å². The summed E-state index contributed by atoms with van der Waals surface area (Å²) in [6, 6.07) is 4.73. The molecule has 0 saturated heterocycles. The molecule has 74 valence electrons. The Balaban J connectivity index is 2.71. The fraction of sp³-hybridized carbons (Fsp3) is 0.111. The molecule has 0 aliphatic carbocycles. The van der Waals surface area contributed by atoms with Crippen molar-refractivity contribution in [2.45, 2.75) is 6.43 Å². The lowest BCUT2D eigenvalue weighted by Gasteiger charge is -2.01. The summed E-state index contributed by atoms with van der Waals surface area (Å²) in [4.78, 5) is 0. The summed E-state index contributed by atoms with van der Waals surface area (Å²) >= 11 is 3.48. The van der Waals surface area contributed by atoms with Crippen LogP contribution in [0.4, 0.5) is 13.8 Å². The second kappa shape index (κ2) is 3.62. The van der Waals surface area contributed by atoms with Gasteiger partial charge in [-0.1, -0.05) is 0 Å². The van der Waals surface area contributed by atoms with Crippen molar-refractivity contribution in [2.24, 2.45) is 0 Å². The third-order valence-electron chi connectivity index (χ3n) is 1.86. The Bertz CT molecular complexity index is 481. The highest BCUT2D eigenvalue weighted by molar-refractivity contribution is 14.1. The first-order chi connectivity index (χ1) is 6.58. The molecule has 1 aromatic carbocycles. The molecule has 1 aromatic heterocycles. The number of hydrogen-bond acceptors (Lipinski definition) is 2. The average molecular weight is 325 g/mol. The molecule has 0 bridgehead atoms. The lowest BCUT2D eigenvalue weighted by atomic mass is 10.2. The van der Waals surface area contributed by atoms with Crippen LogP contribution >= 0.6 is 33.9 Å². The Morgan fingerprint density at radius 2 is 2.00 bits per heavy atom. The molecule has 2 rings (SSSR count). The molecule has 1 heterocycles. The quantitative estimate of drug-likeness (QED) is 0.787. The molecule has 2 aromatic rings. The zero-order valence-electron chi connectivity index (χ0n) is 6.93. The number of alkyl halides is 2. The number of nitrogens with two attached hydrogens (primary N) is 1. The summed E-state index contributed by atoms with van der Waals surface area (Å²) in [6.07, 6.45) is -2.42. The SMILES string of the molecule is Nc1cc2cc(C(F)F)cc(I)c2s1. The van der Waals surface area contributed by atoms with E-state index in [1.165, 1.54) is 23.5 Å². The number of halogens is 3. The third kappa shape index (κ3) is 1.70. The van der Waals surface area contributed by atoms with E-state index in [0.29, 0.717) is 5.00 Å². The minimum Gasteiger partial charge on any atom is -0.391 e. The fourth-order valence-corrected chi connectivity index (χ4v) is 3.09. The van der Waals surface area contributed by atoms with E-state index in [1.54, 1.807) is 6.07 Å². The van der Waals surface area contributed by atoms with E-state index in [4.69, 9.17) is 5.73 Å². The van der Waals surface area contributed by atoms with Crippen LogP contribution in [-0.2, 0) is 0 Å². The monoisotopic (exact) mass is 325 g/mol. The van der Waals surface area contributed by atoms with Gasteiger partial charge in [-0.05, 0) is 46.2 Å². The van der Waals surface area contributed by atoms with Crippen molar-refractivity contribution in [2.75, 3.05) is 5.73 Å². The molecular weight excluding hydrogens is 319 g/mol. The average Bonchev–Trinajstić information content (AvgIpc) is 2.45. The molecule has 0 saturated carbocycles. The van der Waals surface area contributed by atoms with E-state index in [1.807, 2.05) is 0 Å². The lowest BCUT2D eigenvalue weighted by Crippen LogP contribution is -1.84. The Hall–Kier alpha value is -0.430. The van der Waals surface area contributed by atoms with Crippen LogP contribution in [0.25, 0.3) is 10.1 Å². The molecule has 14 heavy (non-hydrogen) atoms. The highest BCUT2D eigenvalue weighted by Gasteiger charge is 2.11. The molecule has 0 aliphatic rings. The summed E-state index contributed by atoms with van der Waals surface area (Å²) < 4.78 is 26.7. The van der Waals surface area contributed by atoms with Crippen LogP contribution in [-0.4, -0.2) is 0 Å². The first kappa shape index (κ1) is 10.1.